The van der Waals surface area contributed by atoms with Gasteiger partial charge in [0.2, 0.25) is 5.91 Å². The van der Waals surface area contributed by atoms with Crippen molar-refractivity contribution in [2.24, 2.45) is 0 Å². The van der Waals surface area contributed by atoms with Crippen molar-refractivity contribution >= 4 is 29.4 Å². The third-order valence-corrected chi connectivity index (χ3v) is 8.53. The highest BCUT2D eigenvalue weighted by Gasteiger charge is 2.37. The molecule has 1 unspecified atom stereocenters. The Balaban J connectivity index is 1.22. The third kappa shape index (κ3) is 7.53. The topological polar surface area (TPSA) is 79.0 Å². The summed E-state index contributed by atoms with van der Waals surface area (Å²) >= 11 is 6.23. The zero-order valence-corrected chi connectivity index (χ0v) is 25.5. The van der Waals surface area contributed by atoms with Crippen LogP contribution >= 0.6 is 11.6 Å². The summed E-state index contributed by atoms with van der Waals surface area (Å²) in [6, 6.07) is 25.2. The van der Waals surface area contributed by atoms with Gasteiger partial charge in [-0.3, -0.25) is 14.5 Å². The maximum Gasteiger partial charge on any atom is 0.336 e. The standard InChI is InChI=1S/C35H38ClN3O4/c1-3-43-35(42)33-24(2)39(32(40)21-31(33)28-10-7-11-29(36)20-28)23-26-12-14-27(15-13-26)34(41)37-30-16-18-38(19-17-30)22-25-8-5-4-6-9-25/h4-15,20,30-31H,3,16-19,21-23H2,1-2H3,(H,37,41). The first kappa shape index (κ1) is 30.5. The Morgan fingerprint density at radius 1 is 0.930 bits per heavy atom. The number of esters is 1. The van der Waals surface area contributed by atoms with E-state index in [4.69, 9.17) is 16.3 Å². The summed E-state index contributed by atoms with van der Waals surface area (Å²) in [5.41, 5.74) is 4.60. The van der Waals surface area contributed by atoms with Gasteiger partial charge in [-0.15, -0.1) is 0 Å². The molecule has 0 bridgehead atoms. The summed E-state index contributed by atoms with van der Waals surface area (Å²) < 4.78 is 5.39. The van der Waals surface area contributed by atoms with Crippen molar-refractivity contribution in [3.8, 4) is 0 Å². The van der Waals surface area contributed by atoms with Crippen LogP contribution in [0.2, 0.25) is 5.02 Å². The molecule has 1 N–H and O–H groups in total. The number of hydrogen-bond acceptors (Lipinski definition) is 5. The smallest absolute Gasteiger partial charge is 0.336 e. The Kier molecular flexibility index (Phi) is 9.95. The predicted molar refractivity (Wildman–Crippen MR) is 167 cm³/mol. The average Bonchev–Trinajstić information content (AvgIpc) is 3.01. The Bertz CT molecular complexity index is 1480. The molecule has 2 aliphatic rings. The molecule has 0 aliphatic carbocycles. The Morgan fingerprint density at radius 2 is 1.63 bits per heavy atom. The SMILES string of the molecule is CCOC(=O)C1=C(C)N(Cc2ccc(C(=O)NC3CCN(Cc4ccccc4)CC3)cc2)C(=O)CC1c1cccc(Cl)c1. The predicted octanol–water partition coefficient (Wildman–Crippen LogP) is 6.09. The monoisotopic (exact) mass is 599 g/mol. The van der Waals surface area contributed by atoms with Crippen molar-refractivity contribution in [1.82, 2.24) is 15.1 Å². The molecule has 1 saturated heterocycles. The number of piperidine rings is 1. The zero-order chi connectivity index (χ0) is 30.3. The highest BCUT2D eigenvalue weighted by molar-refractivity contribution is 6.30. The molecule has 5 rings (SSSR count). The van der Waals surface area contributed by atoms with Gasteiger partial charge in [-0.25, -0.2) is 4.79 Å². The molecule has 0 aromatic heterocycles. The van der Waals surface area contributed by atoms with Gasteiger partial charge < -0.3 is 15.0 Å². The van der Waals surface area contributed by atoms with E-state index in [1.54, 1.807) is 43.0 Å². The molecule has 43 heavy (non-hydrogen) atoms. The maximum atomic E-state index is 13.4. The largest absolute Gasteiger partial charge is 0.463 e. The van der Waals surface area contributed by atoms with Crippen LogP contribution in [0.3, 0.4) is 0 Å². The fourth-order valence-corrected chi connectivity index (χ4v) is 6.17. The number of rotatable bonds is 9. The van der Waals surface area contributed by atoms with Gasteiger partial charge in [-0.05, 0) is 67.6 Å². The number of carbonyl (C=O) groups is 3. The molecule has 0 radical (unpaired) electrons. The van der Waals surface area contributed by atoms with Crippen LogP contribution in [0.1, 0.15) is 66.1 Å². The lowest BCUT2D eigenvalue weighted by Gasteiger charge is -2.34. The zero-order valence-electron chi connectivity index (χ0n) is 24.7. The van der Waals surface area contributed by atoms with Gasteiger partial charge in [0.25, 0.3) is 5.91 Å². The van der Waals surface area contributed by atoms with Gasteiger partial charge in [0.15, 0.2) is 0 Å². The maximum absolute atomic E-state index is 13.4. The molecular formula is C35H38ClN3O4. The molecule has 3 aromatic carbocycles. The van der Waals surface area contributed by atoms with E-state index < -0.39 is 11.9 Å². The Labute approximate surface area is 258 Å². The first-order chi connectivity index (χ1) is 20.8. The first-order valence-electron chi connectivity index (χ1n) is 14.9. The van der Waals surface area contributed by atoms with E-state index in [-0.39, 0.29) is 37.4 Å². The number of amides is 2. The molecule has 8 heteroatoms. The van der Waals surface area contributed by atoms with Crippen molar-refractivity contribution in [3.63, 3.8) is 0 Å². The van der Waals surface area contributed by atoms with Gasteiger partial charge >= 0.3 is 5.97 Å². The lowest BCUT2D eigenvalue weighted by molar-refractivity contribution is -0.140. The third-order valence-electron chi connectivity index (χ3n) is 8.30. The van der Waals surface area contributed by atoms with Crippen LogP contribution in [-0.2, 0) is 27.4 Å². The molecule has 3 aromatic rings. The Morgan fingerprint density at radius 3 is 2.30 bits per heavy atom. The minimum absolute atomic E-state index is 0.0871. The van der Waals surface area contributed by atoms with E-state index in [2.05, 4.69) is 34.5 Å². The van der Waals surface area contributed by atoms with Crippen LogP contribution in [-0.4, -0.2) is 53.3 Å². The summed E-state index contributed by atoms with van der Waals surface area (Å²) in [7, 11) is 0. The van der Waals surface area contributed by atoms with Gasteiger partial charge in [0, 0.05) is 54.3 Å². The summed E-state index contributed by atoms with van der Waals surface area (Å²) in [4.78, 5) is 43.5. The number of likely N-dealkylation sites (tertiary alicyclic amines) is 1. The summed E-state index contributed by atoms with van der Waals surface area (Å²) in [5.74, 6) is -1.04. The molecule has 0 spiro atoms. The molecule has 2 amide bonds. The van der Waals surface area contributed by atoms with Crippen LogP contribution in [0.25, 0.3) is 0 Å². The van der Waals surface area contributed by atoms with Crippen LogP contribution in [0.15, 0.2) is 90.1 Å². The number of hydrogen-bond donors (Lipinski definition) is 1. The number of benzene rings is 3. The highest BCUT2D eigenvalue weighted by Crippen LogP contribution is 2.38. The first-order valence-corrected chi connectivity index (χ1v) is 15.3. The van der Waals surface area contributed by atoms with Crippen LogP contribution < -0.4 is 5.32 Å². The molecule has 0 saturated carbocycles. The second kappa shape index (κ2) is 14.0. The van der Waals surface area contributed by atoms with Crippen molar-refractivity contribution in [2.45, 2.75) is 58.2 Å². The van der Waals surface area contributed by atoms with Gasteiger partial charge in [0.05, 0.1) is 18.7 Å². The molecular weight excluding hydrogens is 562 g/mol. The summed E-state index contributed by atoms with van der Waals surface area (Å²) in [5, 5.41) is 3.74. The number of allylic oxidation sites excluding steroid dienone is 1. The molecule has 224 valence electrons. The van der Waals surface area contributed by atoms with Crippen molar-refractivity contribution in [3.05, 3.63) is 117 Å². The van der Waals surface area contributed by atoms with Gasteiger partial charge in [-0.1, -0.05) is 66.2 Å². The number of halogens is 1. The van der Waals surface area contributed by atoms with Crippen molar-refractivity contribution < 1.29 is 19.1 Å². The molecule has 1 fully saturated rings. The molecule has 2 heterocycles. The van der Waals surface area contributed by atoms with Crippen molar-refractivity contribution in [1.29, 1.82) is 0 Å². The van der Waals surface area contributed by atoms with E-state index in [9.17, 15) is 14.4 Å². The van der Waals surface area contributed by atoms with E-state index in [1.807, 2.05) is 30.3 Å². The number of carbonyl (C=O) groups excluding carboxylic acids is 3. The molecule has 7 nitrogen and oxygen atoms in total. The lowest BCUT2D eigenvalue weighted by atomic mass is 9.83. The van der Waals surface area contributed by atoms with Crippen LogP contribution in [0.4, 0.5) is 0 Å². The molecule has 2 aliphatic heterocycles. The second-order valence-electron chi connectivity index (χ2n) is 11.2. The van der Waals surface area contributed by atoms with E-state index in [0.29, 0.717) is 21.9 Å². The normalized spacial score (nSPS) is 18.1. The van der Waals surface area contributed by atoms with Crippen molar-refractivity contribution in [2.75, 3.05) is 19.7 Å². The second-order valence-corrected chi connectivity index (χ2v) is 11.7. The van der Waals surface area contributed by atoms with E-state index in [1.165, 1.54) is 5.56 Å². The molecule has 1 atom stereocenters. The Hall–Kier alpha value is -3.94. The average molecular weight is 600 g/mol. The quantitative estimate of drug-likeness (QED) is 0.301. The van der Waals surface area contributed by atoms with Crippen LogP contribution in [0.5, 0.6) is 0 Å². The minimum atomic E-state index is -0.433. The number of nitrogens with one attached hydrogen (secondary N) is 1. The summed E-state index contributed by atoms with van der Waals surface area (Å²) in [6.07, 6.45) is 1.97. The number of nitrogens with zero attached hydrogens (tertiary/aromatic N) is 2. The fourth-order valence-electron chi connectivity index (χ4n) is 5.97. The van der Waals surface area contributed by atoms with E-state index in [0.717, 1.165) is 43.6 Å². The van der Waals surface area contributed by atoms with Gasteiger partial charge in [0.1, 0.15) is 0 Å². The van der Waals surface area contributed by atoms with Crippen LogP contribution in [0, 0.1) is 0 Å². The summed E-state index contributed by atoms with van der Waals surface area (Å²) in [6.45, 7) is 6.90. The van der Waals surface area contributed by atoms with E-state index >= 15 is 0 Å². The minimum Gasteiger partial charge on any atom is -0.463 e. The lowest BCUT2D eigenvalue weighted by Crippen LogP contribution is -2.44. The number of ether oxygens (including phenoxy) is 1. The fraction of sp³-hybridized carbons (Fsp3) is 0.343. The van der Waals surface area contributed by atoms with Gasteiger partial charge in [-0.2, -0.15) is 0 Å². The highest BCUT2D eigenvalue weighted by atomic mass is 35.5.